The first-order valence-corrected chi connectivity index (χ1v) is 23.4. The van der Waals surface area contributed by atoms with Crippen LogP contribution in [-0.4, -0.2) is 141 Å². The summed E-state index contributed by atoms with van der Waals surface area (Å²) in [5.74, 6) is -2.92. The van der Waals surface area contributed by atoms with Crippen LogP contribution < -0.4 is 0 Å². The van der Waals surface area contributed by atoms with E-state index in [1.807, 2.05) is 39.8 Å². The molecule has 0 saturated carbocycles. The van der Waals surface area contributed by atoms with E-state index in [9.17, 15) is 15.0 Å². The topological polar surface area (TPSA) is 159 Å². The van der Waals surface area contributed by atoms with Crippen LogP contribution in [0.25, 0.3) is 0 Å². The average molecular weight is 889 g/mol. The summed E-state index contributed by atoms with van der Waals surface area (Å²) in [4.78, 5) is 14.5. The second-order valence-corrected chi connectivity index (χ2v) is 19.9. The van der Waals surface area contributed by atoms with Crippen LogP contribution in [0.4, 0.5) is 0 Å². The third-order valence-electron chi connectivity index (χ3n) is 15.0. The summed E-state index contributed by atoms with van der Waals surface area (Å²) >= 11 is 0. The fourth-order valence-electron chi connectivity index (χ4n) is 11.4. The molecule has 0 aromatic rings. The lowest BCUT2D eigenvalue weighted by molar-refractivity contribution is -0.332. The number of hydrogen-bond acceptors (Lipinski definition) is 14. The van der Waals surface area contributed by atoms with Gasteiger partial charge in [-0.3, -0.25) is 4.79 Å². The highest BCUT2D eigenvalue weighted by Gasteiger charge is 2.62. The summed E-state index contributed by atoms with van der Waals surface area (Å²) in [6.45, 7) is 18.6. The lowest BCUT2D eigenvalue weighted by Crippen LogP contribution is -2.60. The van der Waals surface area contributed by atoms with Crippen molar-refractivity contribution >= 4 is 5.97 Å². The summed E-state index contributed by atoms with van der Waals surface area (Å²) in [5, 5.41) is 23.4. The number of rotatable bonds is 8. The molecule has 1 spiro atoms. The van der Waals surface area contributed by atoms with Crippen molar-refractivity contribution in [2.75, 3.05) is 27.9 Å². The maximum absolute atomic E-state index is 14.5. The Morgan fingerprint density at radius 2 is 1.59 bits per heavy atom. The first-order chi connectivity index (χ1) is 29.9. The molecule has 6 aliphatic heterocycles. The van der Waals surface area contributed by atoms with Gasteiger partial charge in [-0.05, 0) is 63.7 Å². The molecule has 14 nitrogen and oxygen atoms in total. The minimum absolute atomic E-state index is 0.0897. The maximum atomic E-state index is 14.5. The number of carbonyl (C=O) groups excluding carboxylic acids is 1. The predicted molar refractivity (Wildman–Crippen MR) is 232 cm³/mol. The van der Waals surface area contributed by atoms with Gasteiger partial charge in [0.25, 0.3) is 0 Å². The van der Waals surface area contributed by atoms with E-state index in [-0.39, 0.29) is 42.5 Å². The molecule has 0 aromatic carbocycles. The van der Waals surface area contributed by atoms with E-state index in [4.69, 9.17) is 52.1 Å². The predicted octanol–water partition coefficient (Wildman–Crippen LogP) is 5.97. The van der Waals surface area contributed by atoms with Crippen LogP contribution in [0.1, 0.15) is 94.4 Å². The number of carbonyl (C=O) groups is 1. The number of fused-ring (bicyclic) bond motifs is 2. The van der Waals surface area contributed by atoms with Gasteiger partial charge in [0.1, 0.15) is 42.0 Å². The van der Waals surface area contributed by atoms with Gasteiger partial charge < -0.3 is 62.3 Å². The van der Waals surface area contributed by atoms with E-state index in [1.165, 1.54) is 0 Å². The lowest BCUT2D eigenvalue weighted by atomic mass is 9.67. The summed E-state index contributed by atoms with van der Waals surface area (Å²) in [5.41, 5.74) is 0.240. The van der Waals surface area contributed by atoms with Crippen LogP contribution in [0.15, 0.2) is 47.6 Å². The molecule has 0 radical (unpaired) electrons. The van der Waals surface area contributed by atoms with E-state index in [0.29, 0.717) is 32.1 Å². The first kappa shape index (κ1) is 48.9. The molecular formula is C49H76O14. The molecule has 0 aromatic heterocycles. The van der Waals surface area contributed by atoms with Crippen LogP contribution >= 0.6 is 0 Å². The molecule has 6 unspecified atom stereocenters. The maximum Gasteiger partial charge on any atom is 0.316 e. The normalized spacial score (nSPS) is 49.8. The van der Waals surface area contributed by atoms with Gasteiger partial charge in [0.2, 0.25) is 0 Å². The molecule has 1 aliphatic carbocycles. The fraction of sp³-hybridized carbons (Fsp3) is 0.816. The van der Waals surface area contributed by atoms with Crippen molar-refractivity contribution in [3.8, 4) is 0 Å². The monoisotopic (exact) mass is 889 g/mol. The molecule has 6 heterocycles. The Balaban J connectivity index is 1.19. The fourth-order valence-corrected chi connectivity index (χ4v) is 11.4. The van der Waals surface area contributed by atoms with Gasteiger partial charge in [-0.15, -0.1) is 0 Å². The number of methoxy groups -OCH3 is 3. The molecule has 4 fully saturated rings. The Labute approximate surface area is 374 Å². The zero-order valence-corrected chi connectivity index (χ0v) is 39.5. The smallest absolute Gasteiger partial charge is 0.316 e. The van der Waals surface area contributed by atoms with Crippen LogP contribution in [0, 0.1) is 35.5 Å². The molecule has 0 amide bonds. The molecule has 63 heavy (non-hydrogen) atoms. The number of allylic oxidation sites excluding steroid dienone is 1. The lowest BCUT2D eigenvalue weighted by Gasteiger charge is -2.48. The van der Waals surface area contributed by atoms with E-state index < -0.39 is 103 Å². The van der Waals surface area contributed by atoms with Gasteiger partial charge in [-0.1, -0.05) is 65.0 Å². The van der Waals surface area contributed by atoms with E-state index in [1.54, 1.807) is 21.3 Å². The van der Waals surface area contributed by atoms with Crippen molar-refractivity contribution in [1.29, 1.82) is 0 Å². The van der Waals surface area contributed by atoms with E-state index in [2.05, 4.69) is 58.9 Å². The van der Waals surface area contributed by atoms with Gasteiger partial charge in [-0.25, -0.2) is 0 Å². The van der Waals surface area contributed by atoms with Gasteiger partial charge in [-0.2, -0.15) is 0 Å². The second-order valence-electron chi connectivity index (χ2n) is 19.9. The summed E-state index contributed by atoms with van der Waals surface area (Å²) in [6, 6.07) is 0. The number of aliphatic hydroxyl groups is 2. The molecule has 21 atom stereocenters. The second kappa shape index (κ2) is 20.0. The van der Waals surface area contributed by atoms with Gasteiger partial charge >= 0.3 is 5.97 Å². The zero-order valence-electron chi connectivity index (χ0n) is 39.5. The van der Waals surface area contributed by atoms with Crippen molar-refractivity contribution in [1.82, 2.24) is 0 Å². The van der Waals surface area contributed by atoms with Gasteiger partial charge in [0, 0.05) is 64.3 Å². The Bertz CT molecular complexity index is 1700. The first-order valence-electron chi connectivity index (χ1n) is 23.4. The van der Waals surface area contributed by atoms with E-state index >= 15 is 0 Å². The number of esters is 1. The highest BCUT2D eigenvalue weighted by atomic mass is 16.7. The molecule has 14 heteroatoms. The molecule has 2 bridgehead atoms. The van der Waals surface area contributed by atoms with Gasteiger partial charge in [0.15, 0.2) is 18.4 Å². The highest BCUT2D eigenvalue weighted by molar-refractivity contribution is 5.77. The van der Waals surface area contributed by atoms with Crippen LogP contribution in [0.3, 0.4) is 0 Å². The van der Waals surface area contributed by atoms with Crippen molar-refractivity contribution in [2.45, 2.75) is 192 Å². The number of ether oxygens (including phenoxy) is 11. The van der Waals surface area contributed by atoms with Crippen LogP contribution in [0.2, 0.25) is 0 Å². The summed E-state index contributed by atoms with van der Waals surface area (Å²) in [6.07, 6.45) is 7.57. The zero-order chi connectivity index (χ0) is 45.5. The Morgan fingerprint density at radius 1 is 0.825 bits per heavy atom. The van der Waals surface area contributed by atoms with Crippen molar-refractivity contribution in [2.24, 2.45) is 35.5 Å². The van der Waals surface area contributed by atoms with Crippen molar-refractivity contribution in [3.63, 3.8) is 0 Å². The molecule has 356 valence electrons. The molecule has 7 rings (SSSR count). The summed E-state index contributed by atoms with van der Waals surface area (Å²) < 4.78 is 70.5. The minimum atomic E-state index is -1.57. The largest absolute Gasteiger partial charge is 0.462 e. The molecular weight excluding hydrogens is 813 g/mol. The van der Waals surface area contributed by atoms with Crippen molar-refractivity contribution in [3.05, 3.63) is 47.6 Å². The standard InChI is InChI=1S/C49H76O14/c1-25(2)40-28(5)18-19-48(63-40)23-35-21-34(62-48)17-16-27(4)41(26(3)14-13-15-33-24-56-45-42(54-11)29(6)20-36(46(51)59-35)49(33,45)52)61-47-30(7)43(55-12)44(32(9)58-47)60-38-22-37(53-10)39(50)31(8)57-38/h13-14,16,18-20,25-26,28,30-45,47,50,52H,15,17,21-24H2,1-12H3/b14-13+,27-16+/t26?,28-,30?,31-,32-,33?,34+,35-,36-,37-,38-,39-,40+,41?,42+,43-,44?,45?,47-,48+,49+/m0/s1. The Kier molecular flexibility index (Phi) is 15.5. The van der Waals surface area contributed by atoms with E-state index in [0.717, 1.165) is 11.1 Å². The quantitative estimate of drug-likeness (QED) is 0.217. The SMILES string of the molecule is CO[C@H]1C(C)[C@H](OC2/C(C)=C/C[C@@H]3C[C@@H](C[C@]4(C=C[C@H](C)[C@@H](C(C)C)O4)O3)OC(=O)[C@@H]3C=C(C)[C@@H](OC)C4OCC(C/C=C/C2C)[C@]43O)O[C@@H](C)C1O[C@H]1C[C@H](OC)[C@@H](O)[C@H](C)O1. The molecule has 7 aliphatic rings. The third-order valence-corrected chi connectivity index (χ3v) is 15.0. The molecule has 4 saturated heterocycles. The van der Waals surface area contributed by atoms with Crippen molar-refractivity contribution < 1.29 is 67.1 Å². The summed E-state index contributed by atoms with van der Waals surface area (Å²) in [7, 11) is 4.86. The Hall–Kier alpha value is -2.05. The van der Waals surface area contributed by atoms with Crippen LogP contribution in [-0.2, 0) is 56.9 Å². The Morgan fingerprint density at radius 3 is 2.29 bits per heavy atom. The third kappa shape index (κ3) is 9.85. The van der Waals surface area contributed by atoms with Crippen LogP contribution in [0.5, 0.6) is 0 Å². The number of aliphatic hydroxyl groups excluding tert-OH is 1. The average Bonchev–Trinajstić information content (AvgIpc) is 3.57. The molecule has 2 N–H and O–H groups in total. The minimum Gasteiger partial charge on any atom is -0.462 e. The number of hydrogen-bond donors (Lipinski definition) is 2. The highest BCUT2D eigenvalue weighted by Crippen LogP contribution is 2.49. The van der Waals surface area contributed by atoms with Gasteiger partial charge in [0.05, 0.1) is 49.3 Å².